The molecule has 0 radical (unpaired) electrons. The molecule has 0 aliphatic rings. The van der Waals surface area contributed by atoms with Crippen molar-refractivity contribution in [2.75, 3.05) is 4.72 Å². The number of carboxylic acids is 1. The number of carbonyl (C=O) groups is 1. The van der Waals surface area contributed by atoms with E-state index in [1.807, 2.05) is 0 Å². The molecule has 0 saturated carbocycles. The van der Waals surface area contributed by atoms with Crippen molar-refractivity contribution < 1.29 is 22.8 Å². The fourth-order valence-electron chi connectivity index (χ4n) is 1.82. The molecule has 106 valence electrons. The van der Waals surface area contributed by atoms with Crippen molar-refractivity contribution in [3.05, 3.63) is 41.3 Å². The summed E-state index contributed by atoms with van der Waals surface area (Å²) < 4.78 is 31.3. The molecule has 0 unspecified atom stereocenters. The van der Waals surface area contributed by atoms with Gasteiger partial charge in [-0.2, -0.15) is 0 Å². The molecule has 0 bridgehead atoms. The second kappa shape index (κ2) is 4.97. The third-order valence-electron chi connectivity index (χ3n) is 2.73. The number of aryl methyl sites for hydroxylation is 2. The minimum absolute atomic E-state index is 0.0544. The van der Waals surface area contributed by atoms with Crippen molar-refractivity contribution in [2.24, 2.45) is 0 Å². The van der Waals surface area contributed by atoms with E-state index < -0.39 is 16.0 Å². The quantitative estimate of drug-likeness (QED) is 0.890. The number of aromatic nitrogens is 1. The second-order valence-corrected chi connectivity index (χ2v) is 5.91. The van der Waals surface area contributed by atoms with E-state index in [4.69, 9.17) is 5.11 Å². The van der Waals surface area contributed by atoms with E-state index in [-0.39, 0.29) is 16.1 Å². The van der Waals surface area contributed by atoms with Gasteiger partial charge in [0.1, 0.15) is 12.0 Å². The van der Waals surface area contributed by atoms with Gasteiger partial charge in [0.25, 0.3) is 10.0 Å². The highest BCUT2D eigenvalue weighted by Gasteiger charge is 2.21. The van der Waals surface area contributed by atoms with E-state index in [1.54, 1.807) is 13.8 Å². The van der Waals surface area contributed by atoms with Crippen molar-refractivity contribution >= 4 is 21.7 Å². The maximum Gasteiger partial charge on any atom is 0.335 e. The number of hydrogen-bond acceptors (Lipinski definition) is 5. The Morgan fingerprint density at radius 1 is 1.30 bits per heavy atom. The van der Waals surface area contributed by atoms with Gasteiger partial charge in [-0.3, -0.25) is 4.72 Å². The zero-order valence-electron chi connectivity index (χ0n) is 10.7. The lowest BCUT2D eigenvalue weighted by atomic mass is 10.1. The second-order valence-electron chi connectivity index (χ2n) is 4.26. The standard InChI is InChI=1S/C12H12N2O5S/c1-7-3-8(2)11(4-10(7)12(15)16)20(17,18)14-9-5-13-19-6-9/h3-6,14H,1-2H3,(H,15,16). The summed E-state index contributed by atoms with van der Waals surface area (Å²) in [5, 5.41) is 12.4. The molecular formula is C12H12N2O5S. The van der Waals surface area contributed by atoms with Gasteiger partial charge in [-0.15, -0.1) is 0 Å². The third kappa shape index (κ3) is 2.64. The SMILES string of the molecule is Cc1cc(C)c(S(=O)(=O)Nc2cnoc2)cc1C(=O)O. The first-order valence-corrected chi connectivity index (χ1v) is 7.06. The maximum atomic E-state index is 12.2. The van der Waals surface area contributed by atoms with Crippen LogP contribution in [0.2, 0.25) is 0 Å². The summed E-state index contributed by atoms with van der Waals surface area (Å²) in [5.74, 6) is -1.18. The molecular weight excluding hydrogens is 284 g/mol. The minimum atomic E-state index is -3.90. The largest absolute Gasteiger partial charge is 0.478 e. The van der Waals surface area contributed by atoms with Crippen LogP contribution in [0.4, 0.5) is 5.69 Å². The lowest BCUT2D eigenvalue weighted by molar-refractivity contribution is 0.0696. The van der Waals surface area contributed by atoms with Gasteiger partial charge in [0, 0.05) is 0 Å². The van der Waals surface area contributed by atoms with Crippen molar-refractivity contribution in [1.82, 2.24) is 5.16 Å². The first-order chi connectivity index (χ1) is 9.31. The van der Waals surface area contributed by atoms with E-state index in [0.29, 0.717) is 11.1 Å². The number of aromatic carboxylic acids is 1. The Kier molecular flexibility index (Phi) is 3.49. The van der Waals surface area contributed by atoms with E-state index in [9.17, 15) is 13.2 Å². The highest BCUT2D eigenvalue weighted by atomic mass is 32.2. The molecule has 0 aliphatic carbocycles. The zero-order chi connectivity index (χ0) is 14.9. The van der Waals surface area contributed by atoms with E-state index in [1.165, 1.54) is 12.3 Å². The van der Waals surface area contributed by atoms with Crippen LogP contribution in [0.1, 0.15) is 21.5 Å². The van der Waals surface area contributed by atoms with Crippen molar-refractivity contribution in [3.8, 4) is 0 Å². The van der Waals surface area contributed by atoms with Gasteiger partial charge in [-0.05, 0) is 31.0 Å². The van der Waals surface area contributed by atoms with Gasteiger partial charge in [-0.1, -0.05) is 11.2 Å². The number of hydrogen-bond donors (Lipinski definition) is 2. The first kappa shape index (κ1) is 14.1. The van der Waals surface area contributed by atoms with Gasteiger partial charge in [0.05, 0.1) is 16.7 Å². The van der Waals surface area contributed by atoms with Gasteiger partial charge in [-0.25, -0.2) is 13.2 Å². The van der Waals surface area contributed by atoms with Crippen LogP contribution < -0.4 is 4.72 Å². The molecule has 0 amide bonds. The van der Waals surface area contributed by atoms with Crippen LogP contribution in [-0.2, 0) is 10.0 Å². The Labute approximate surface area is 115 Å². The summed E-state index contributed by atoms with van der Waals surface area (Å²) in [6.07, 6.45) is 2.35. The fraction of sp³-hybridized carbons (Fsp3) is 0.167. The van der Waals surface area contributed by atoms with Crippen LogP contribution in [0, 0.1) is 13.8 Å². The van der Waals surface area contributed by atoms with Crippen molar-refractivity contribution in [2.45, 2.75) is 18.7 Å². The van der Waals surface area contributed by atoms with Crippen molar-refractivity contribution in [3.63, 3.8) is 0 Å². The average molecular weight is 296 g/mol. The van der Waals surface area contributed by atoms with Crippen LogP contribution in [0.3, 0.4) is 0 Å². The molecule has 2 rings (SSSR count). The third-order valence-corrected chi connectivity index (χ3v) is 4.25. The Bertz CT molecular complexity index is 750. The molecule has 0 atom stereocenters. The molecule has 8 heteroatoms. The van der Waals surface area contributed by atoms with Crippen LogP contribution >= 0.6 is 0 Å². The molecule has 0 saturated heterocycles. The molecule has 1 heterocycles. The van der Waals surface area contributed by atoms with Gasteiger partial charge < -0.3 is 9.63 Å². The minimum Gasteiger partial charge on any atom is -0.478 e. The molecule has 0 fully saturated rings. The Balaban J connectivity index is 2.51. The summed E-state index contributed by atoms with van der Waals surface area (Å²) in [5.41, 5.74) is 1.07. The summed E-state index contributed by atoms with van der Waals surface area (Å²) in [7, 11) is -3.90. The molecule has 0 spiro atoms. The van der Waals surface area contributed by atoms with E-state index >= 15 is 0 Å². The number of anilines is 1. The molecule has 7 nitrogen and oxygen atoms in total. The topological polar surface area (TPSA) is 110 Å². The van der Waals surface area contributed by atoms with E-state index in [0.717, 1.165) is 12.3 Å². The molecule has 1 aromatic carbocycles. The Hall–Kier alpha value is -2.35. The lowest BCUT2D eigenvalue weighted by Gasteiger charge is -2.11. The number of sulfonamides is 1. The molecule has 20 heavy (non-hydrogen) atoms. The van der Waals surface area contributed by atoms with Gasteiger partial charge >= 0.3 is 5.97 Å². The number of nitrogens with one attached hydrogen (secondary N) is 1. The zero-order valence-corrected chi connectivity index (χ0v) is 11.6. The van der Waals surface area contributed by atoms with Crippen LogP contribution in [0.25, 0.3) is 0 Å². The van der Waals surface area contributed by atoms with Crippen LogP contribution in [0.15, 0.2) is 34.0 Å². The maximum absolute atomic E-state index is 12.2. The monoisotopic (exact) mass is 296 g/mol. The normalized spacial score (nSPS) is 11.3. The summed E-state index contributed by atoms with van der Waals surface area (Å²) in [6.45, 7) is 3.21. The van der Waals surface area contributed by atoms with Gasteiger partial charge in [0.15, 0.2) is 0 Å². The number of nitrogens with zero attached hydrogens (tertiary/aromatic N) is 1. The highest BCUT2D eigenvalue weighted by Crippen LogP contribution is 2.23. The lowest BCUT2D eigenvalue weighted by Crippen LogP contribution is -2.15. The van der Waals surface area contributed by atoms with Crippen LogP contribution in [-0.4, -0.2) is 24.7 Å². The van der Waals surface area contributed by atoms with Crippen molar-refractivity contribution in [1.29, 1.82) is 0 Å². The number of rotatable bonds is 4. The Morgan fingerprint density at radius 2 is 2.00 bits per heavy atom. The summed E-state index contributed by atoms with van der Waals surface area (Å²) >= 11 is 0. The fourth-order valence-corrected chi connectivity index (χ4v) is 3.09. The molecule has 1 aromatic heterocycles. The average Bonchev–Trinajstić information content (AvgIpc) is 2.79. The summed E-state index contributed by atoms with van der Waals surface area (Å²) in [6, 6.07) is 2.66. The molecule has 2 aromatic rings. The molecule has 0 aliphatic heterocycles. The number of benzene rings is 1. The highest BCUT2D eigenvalue weighted by molar-refractivity contribution is 7.92. The smallest absolute Gasteiger partial charge is 0.335 e. The number of carboxylic acid groups (broad SMARTS) is 1. The predicted molar refractivity (Wildman–Crippen MR) is 70.2 cm³/mol. The summed E-state index contributed by atoms with van der Waals surface area (Å²) in [4.78, 5) is 11.0. The van der Waals surface area contributed by atoms with E-state index in [2.05, 4.69) is 14.4 Å². The van der Waals surface area contributed by atoms with Gasteiger partial charge in [0.2, 0.25) is 0 Å². The van der Waals surface area contributed by atoms with Crippen LogP contribution in [0.5, 0.6) is 0 Å². The predicted octanol–water partition coefficient (Wildman–Crippen LogP) is 1.79. The Morgan fingerprint density at radius 3 is 2.55 bits per heavy atom. The molecule has 2 N–H and O–H groups in total. The first-order valence-electron chi connectivity index (χ1n) is 5.58.